The fraction of sp³-hybridized carbons (Fsp3) is 0.292. The summed E-state index contributed by atoms with van der Waals surface area (Å²) < 4.78 is 6.57. The van der Waals surface area contributed by atoms with Crippen LogP contribution in [0.1, 0.15) is 51.5 Å². The van der Waals surface area contributed by atoms with Crippen molar-refractivity contribution in [2.45, 2.75) is 44.4 Å². The van der Waals surface area contributed by atoms with Crippen LogP contribution in [-0.2, 0) is 6.61 Å². The van der Waals surface area contributed by atoms with Crippen molar-refractivity contribution in [3.05, 3.63) is 80.7 Å². The van der Waals surface area contributed by atoms with E-state index in [-0.39, 0.29) is 23.9 Å². The Hall–Kier alpha value is -2.71. The zero-order chi connectivity index (χ0) is 22.3. The second-order valence-electron chi connectivity index (χ2n) is 7.68. The minimum Gasteiger partial charge on any atom is -0.486 e. The smallest absolute Gasteiger partial charge is 0.271 e. The number of halogens is 1. The number of nitrogens with one attached hydrogen (secondary N) is 2. The largest absolute Gasteiger partial charge is 0.486 e. The lowest BCUT2D eigenvalue weighted by molar-refractivity contribution is 0.0860. The Kier molecular flexibility index (Phi) is 7.55. The molecule has 1 aliphatic rings. The number of hydrogen-bond donors (Lipinski definition) is 2. The standard InChI is InChI=1S/C24H24BrN3O3S/c25-17-8-6-7-16(13-17)23(29)27-19-11-4-5-12-20(19)28-24(30)21-15-32-22(26-21)14-31-18-9-2-1-3-10-18/h1-3,6-10,13,15,19-20H,4-5,11-12,14H2,(H,27,29)(H,28,30). The molecular formula is C24H24BrN3O3S. The van der Waals surface area contributed by atoms with Crippen LogP contribution in [0.25, 0.3) is 0 Å². The maximum atomic E-state index is 12.8. The Morgan fingerprint density at radius 3 is 2.44 bits per heavy atom. The number of nitrogens with zero attached hydrogens (tertiary/aromatic N) is 1. The van der Waals surface area contributed by atoms with Crippen LogP contribution in [0.15, 0.2) is 64.5 Å². The van der Waals surface area contributed by atoms with Gasteiger partial charge >= 0.3 is 0 Å². The SMILES string of the molecule is O=C(NC1CCCCC1NC(=O)c1csc(COc2ccccc2)n1)c1cccc(Br)c1. The van der Waals surface area contributed by atoms with Crippen molar-refractivity contribution in [3.8, 4) is 5.75 Å². The second kappa shape index (κ2) is 10.7. The average molecular weight is 514 g/mol. The van der Waals surface area contributed by atoms with Crippen LogP contribution in [0.4, 0.5) is 0 Å². The topological polar surface area (TPSA) is 80.3 Å². The van der Waals surface area contributed by atoms with Gasteiger partial charge in [-0.25, -0.2) is 4.98 Å². The van der Waals surface area contributed by atoms with E-state index in [9.17, 15) is 9.59 Å². The number of para-hydroxylation sites is 1. The minimum absolute atomic E-state index is 0.112. The summed E-state index contributed by atoms with van der Waals surface area (Å²) >= 11 is 4.80. The lowest BCUT2D eigenvalue weighted by Gasteiger charge is -2.32. The first kappa shape index (κ1) is 22.5. The Balaban J connectivity index is 1.35. The predicted octanol–water partition coefficient (Wildman–Crippen LogP) is 4.96. The summed E-state index contributed by atoms with van der Waals surface area (Å²) in [7, 11) is 0. The highest BCUT2D eigenvalue weighted by atomic mass is 79.9. The number of ether oxygens (including phenoxy) is 1. The van der Waals surface area contributed by atoms with E-state index in [0.717, 1.165) is 40.9 Å². The molecule has 1 aliphatic carbocycles. The molecule has 1 heterocycles. The molecule has 4 rings (SSSR count). The first-order chi connectivity index (χ1) is 15.6. The molecule has 0 bridgehead atoms. The van der Waals surface area contributed by atoms with E-state index in [1.807, 2.05) is 42.5 Å². The molecule has 6 nitrogen and oxygen atoms in total. The molecule has 1 saturated carbocycles. The normalized spacial score (nSPS) is 18.0. The van der Waals surface area contributed by atoms with Crippen molar-refractivity contribution in [3.63, 3.8) is 0 Å². The number of aromatic nitrogens is 1. The van der Waals surface area contributed by atoms with Gasteiger partial charge in [0.2, 0.25) is 0 Å². The van der Waals surface area contributed by atoms with Gasteiger partial charge in [0, 0.05) is 27.5 Å². The molecule has 166 valence electrons. The average Bonchev–Trinajstić information content (AvgIpc) is 3.29. The van der Waals surface area contributed by atoms with E-state index in [4.69, 9.17) is 4.74 Å². The van der Waals surface area contributed by atoms with Crippen molar-refractivity contribution in [1.29, 1.82) is 0 Å². The van der Waals surface area contributed by atoms with Gasteiger partial charge in [0.1, 0.15) is 23.1 Å². The molecule has 1 fully saturated rings. The molecule has 2 amide bonds. The van der Waals surface area contributed by atoms with Crippen LogP contribution < -0.4 is 15.4 Å². The summed E-state index contributed by atoms with van der Waals surface area (Å²) in [6, 6.07) is 16.6. The van der Waals surface area contributed by atoms with Crippen LogP contribution in [-0.4, -0.2) is 28.9 Å². The number of carbonyl (C=O) groups excluding carboxylic acids is 2. The molecule has 2 aromatic carbocycles. The first-order valence-corrected chi connectivity index (χ1v) is 12.3. The molecule has 0 saturated heterocycles. The van der Waals surface area contributed by atoms with Crippen molar-refractivity contribution in [1.82, 2.24) is 15.6 Å². The van der Waals surface area contributed by atoms with E-state index < -0.39 is 0 Å². The zero-order valence-electron chi connectivity index (χ0n) is 17.4. The molecule has 8 heteroatoms. The van der Waals surface area contributed by atoms with Crippen LogP contribution in [0.3, 0.4) is 0 Å². The summed E-state index contributed by atoms with van der Waals surface area (Å²) in [6.07, 6.45) is 3.69. The van der Waals surface area contributed by atoms with Gasteiger partial charge in [0.15, 0.2) is 0 Å². The van der Waals surface area contributed by atoms with Gasteiger partial charge in [0.25, 0.3) is 11.8 Å². The Morgan fingerprint density at radius 2 is 1.72 bits per heavy atom. The molecular weight excluding hydrogens is 490 g/mol. The fourth-order valence-electron chi connectivity index (χ4n) is 3.74. The molecule has 0 radical (unpaired) electrons. The van der Waals surface area contributed by atoms with Gasteiger partial charge in [-0.3, -0.25) is 9.59 Å². The number of rotatable bonds is 7. The van der Waals surface area contributed by atoms with E-state index in [1.165, 1.54) is 11.3 Å². The number of benzene rings is 2. The van der Waals surface area contributed by atoms with E-state index in [0.29, 0.717) is 17.9 Å². The van der Waals surface area contributed by atoms with Gasteiger partial charge in [-0.1, -0.05) is 53.0 Å². The summed E-state index contributed by atoms with van der Waals surface area (Å²) in [4.78, 5) is 29.9. The predicted molar refractivity (Wildman–Crippen MR) is 128 cm³/mol. The van der Waals surface area contributed by atoms with Crippen molar-refractivity contribution in [2.75, 3.05) is 0 Å². The molecule has 2 atom stereocenters. The minimum atomic E-state index is -0.221. The molecule has 0 aliphatic heterocycles. The van der Waals surface area contributed by atoms with E-state index in [1.54, 1.807) is 17.5 Å². The highest BCUT2D eigenvalue weighted by Crippen LogP contribution is 2.21. The van der Waals surface area contributed by atoms with Gasteiger partial charge < -0.3 is 15.4 Å². The lowest BCUT2D eigenvalue weighted by atomic mass is 9.90. The first-order valence-electron chi connectivity index (χ1n) is 10.6. The Labute approximate surface area is 199 Å². The van der Waals surface area contributed by atoms with Crippen LogP contribution >= 0.6 is 27.3 Å². The van der Waals surface area contributed by atoms with E-state index >= 15 is 0 Å². The quantitative estimate of drug-likeness (QED) is 0.468. The molecule has 2 N–H and O–H groups in total. The van der Waals surface area contributed by atoms with Gasteiger partial charge in [-0.2, -0.15) is 0 Å². The maximum Gasteiger partial charge on any atom is 0.271 e. The lowest BCUT2D eigenvalue weighted by Crippen LogP contribution is -2.53. The molecule has 1 aromatic heterocycles. The number of thiazole rings is 1. The summed E-state index contributed by atoms with van der Waals surface area (Å²) in [5, 5.41) is 8.67. The van der Waals surface area contributed by atoms with Crippen molar-refractivity contribution >= 4 is 39.1 Å². The third kappa shape index (κ3) is 5.95. The fourth-order valence-corrected chi connectivity index (χ4v) is 4.83. The van der Waals surface area contributed by atoms with Crippen LogP contribution in [0.5, 0.6) is 5.75 Å². The third-order valence-corrected chi connectivity index (χ3v) is 6.69. The number of carbonyl (C=O) groups is 2. The highest BCUT2D eigenvalue weighted by molar-refractivity contribution is 9.10. The van der Waals surface area contributed by atoms with Crippen LogP contribution in [0, 0.1) is 0 Å². The molecule has 0 spiro atoms. The molecule has 3 aromatic rings. The zero-order valence-corrected chi connectivity index (χ0v) is 19.8. The second-order valence-corrected chi connectivity index (χ2v) is 9.54. The highest BCUT2D eigenvalue weighted by Gasteiger charge is 2.29. The summed E-state index contributed by atoms with van der Waals surface area (Å²) in [5.74, 6) is 0.409. The Morgan fingerprint density at radius 1 is 1.00 bits per heavy atom. The molecule has 2 unspecified atom stereocenters. The Bertz CT molecular complexity index is 1070. The number of hydrogen-bond acceptors (Lipinski definition) is 5. The summed E-state index contributed by atoms with van der Waals surface area (Å²) in [6.45, 7) is 0.316. The van der Waals surface area contributed by atoms with Gasteiger partial charge in [0.05, 0.1) is 0 Å². The van der Waals surface area contributed by atoms with Gasteiger partial charge in [-0.15, -0.1) is 11.3 Å². The third-order valence-electron chi connectivity index (χ3n) is 5.38. The van der Waals surface area contributed by atoms with Crippen molar-refractivity contribution < 1.29 is 14.3 Å². The number of amides is 2. The summed E-state index contributed by atoms with van der Waals surface area (Å²) in [5.41, 5.74) is 0.974. The van der Waals surface area contributed by atoms with E-state index in [2.05, 4.69) is 31.5 Å². The maximum absolute atomic E-state index is 12.8. The monoisotopic (exact) mass is 513 g/mol. The van der Waals surface area contributed by atoms with Crippen molar-refractivity contribution in [2.24, 2.45) is 0 Å². The van der Waals surface area contributed by atoms with Crippen LogP contribution in [0.2, 0.25) is 0 Å². The van der Waals surface area contributed by atoms with Gasteiger partial charge in [-0.05, 0) is 43.2 Å². The molecule has 32 heavy (non-hydrogen) atoms.